The summed E-state index contributed by atoms with van der Waals surface area (Å²) in [6.07, 6.45) is 70.8. The van der Waals surface area contributed by atoms with Crippen LogP contribution in [0.25, 0.3) is 0 Å². The van der Waals surface area contributed by atoms with Crippen molar-refractivity contribution in [3.63, 3.8) is 0 Å². The van der Waals surface area contributed by atoms with E-state index in [2.05, 4.69) is 118 Å². The maximum absolute atomic E-state index is 12.8. The zero-order valence-electron chi connectivity index (χ0n) is 42.0. The Morgan fingerprint density at radius 2 is 0.646 bits per heavy atom. The average molecular weight is 901 g/mol. The number of esters is 3. The third kappa shape index (κ3) is 50.9. The molecule has 0 rings (SSSR count). The van der Waals surface area contributed by atoms with Gasteiger partial charge in [0.05, 0.1) is 0 Å². The molecule has 0 radical (unpaired) electrons. The van der Waals surface area contributed by atoms with Gasteiger partial charge < -0.3 is 14.2 Å². The molecule has 0 heterocycles. The van der Waals surface area contributed by atoms with E-state index >= 15 is 0 Å². The molecule has 368 valence electrons. The van der Waals surface area contributed by atoms with E-state index in [1.165, 1.54) is 64.2 Å². The van der Waals surface area contributed by atoms with Gasteiger partial charge in [0.1, 0.15) is 13.2 Å². The predicted octanol–water partition coefficient (Wildman–Crippen LogP) is 17.5. The van der Waals surface area contributed by atoms with E-state index in [-0.39, 0.29) is 37.5 Å². The van der Waals surface area contributed by atoms with E-state index in [1.807, 2.05) is 12.2 Å². The van der Waals surface area contributed by atoms with Crippen LogP contribution in [0.1, 0.15) is 226 Å². The Bertz CT molecular complexity index is 1360. The largest absolute Gasteiger partial charge is 0.462 e. The summed E-state index contributed by atoms with van der Waals surface area (Å²) in [4.78, 5) is 38.0. The molecular weight excluding hydrogens is 805 g/mol. The molecule has 0 aromatic heterocycles. The number of carbonyl (C=O) groups is 3. The molecule has 0 N–H and O–H groups in total. The number of carbonyl (C=O) groups excluding carboxylic acids is 3. The topological polar surface area (TPSA) is 78.9 Å². The highest BCUT2D eigenvalue weighted by molar-refractivity contribution is 5.71. The highest BCUT2D eigenvalue weighted by Gasteiger charge is 2.19. The molecule has 0 saturated carbocycles. The van der Waals surface area contributed by atoms with Gasteiger partial charge >= 0.3 is 17.9 Å². The molecule has 1 unspecified atom stereocenters. The minimum atomic E-state index is -0.820. The van der Waals surface area contributed by atoms with Crippen LogP contribution in [0.15, 0.2) is 109 Å². The summed E-state index contributed by atoms with van der Waals surface area (Å²) in [5.74, 6) is -1.03. The molecule has 6 heteroatoms. The van der Waals surface area contributed by atoms with Gasteiger partial charge in [-0.3, -0.25) is 14.4 Å². The van der Waals surface area contributed by atoms with E-state index in [1.54, 1.807) is 0 Å². The van der Waals surface area contributed by atoms with Crippen LogP contribution in [-0.2, 0) is 28.6 Å². The van der Waals surface area contributed by atoms with Crippen LogP contribution in [0.4, 0.5) is 0 Å². The minimum absolute atomic E-state index is 0.113. The molecule has 0 aliphatic carbocycles. The van der Waals surface area contributed by atoms with Crippen molar-refractivity contribution in [2.75, 3.05) is 13.2 Å². The van der Waals surface area contributed by atoms with Crippen molar-refractivity contribution in [3.05, 3.63) is 109 Å². The molecule has 0 spiro atoms. The standard InChI is InChI=1S/C59H96O6/c1-4-7-10-13-16-19-22-25-28-29-30-31-32-35-37-40-43-46-49-52-58(61)64-55-56(65-59(62)53-50-47-44-41-38-34-27-24-21-18-15-12-9-6-3)54-63-57(60)51-48-45-42-39-36-33-26-23-20-17-14-11-8-5-2/h7,10,15-16,18-19,23-28,30-31,35,37,43,46,56H,4-6,8-9,11-14,17,20-22,29,32-34,36,38-42,44-45,47-55H2,1-3H3/b10-7-,18-15-,19-16-,26-23-,27-24-,28-25-,31-30-,37-35-,46-43-. The molecule has 0 aliphatic rings. The quantitative estimate of drug-likeness (QED) is 0.0262. The first-order valence-electron chi connectivity index (χ1n) is 26.4. The van der Waals surface area contributed by atoms with Crippen LogP contribution in [0, 0.1) is 0 Å². The van der Waals surface area contributed by atoms with E-state index in [9.17, 15) is 14.4 Å². The van der Waals surface area contributed by atoms with Crippen molar-refractivity contribution in [3.8, 4) is 0 Å². The fraction of sp³-hybridized carbons (Fsp3) is 0.644. The number of allylic oxidation sites excluding steroid dienone is 18. The second kappa shape index (κ2) is 52.7. The molecular formula is C59H96O6. The Kier molecular flexibility index (Phi) is 49.5. The molecule has 0 bridgehead atoms. The summed E-state index contributed by atoms with van der Waals surface area (Å²) in [5, 5.41) is 0. The zero-order valence-corrected chi connectivity index (χ0v) is 42.0. The van der Waals surface area contributed by atoms with Gasteiger partial charge in [0, 0.05) is 19.3 Å². The van der Waals surface area contributed by atoms with Crippen molar-refractivity contribution in [2.45, 2.75) is 232 Å². The highest BCUT2D eigenvalue weighted by Crippen LogP contribution is 2.13. The van der Waals surface area contributed by atoms with Crippen molar-refractivity contribution in [1.82, 2.24) is 0 Å². The van der Waals surface area contributed by atoms with Gasteiger partial charge in [-0.15, -0.1) is 0 Å². The molecule has 0 fully saturated rings. The monoisotopic (exact) mass is 901 g/mol. The van der Waals surface area contributed by atoms with Crippen LogP contribution in [-0.4, -0.2) is 37.2 Å². The van der Waals surface area contributed by atoms with Gasteiger partial charge in [-0.25, -0.2) is 0 Å². The smallest absolute Gasteiger partial charge is 0.306 e. The van der Waals surface area contributed by atoms with Crippen LogP contribution in [0.5, 0.6) is 0 Å². The lowest BCUT2D eigenvalue weighted by molar-refractivity contribution is -0.166. The highest BCUT2D eigenvalue weighted by atomic mass is 16.6. The number of hydrogen-bond donors (Lipinski definition) is 0. The van der Waals surface area contributed by atoms with Gasteiger partial charge in [0.15, 0.2) is 6.10 Å². The van der Waals surface area contributed by atoms with E-state index < -0.39 is 6.10 Å². The lowest BCUT2D eigenvalue weighted by Gasteiger charge is -2.18. The number of hydrogen-bond acceptors (Lipinski definition) is 6. The average Bonchev–Trinajstić information content (AvgIpc) is 3.30. The molecule has 65 heavy (non-hydrogen) atoms. The lowest BCUT2D eigenvalue weighted by atomic mass is 10.1. The van der Waals surface area contributed by atoms with E-state index in [0.717, 1.165) is 116 Å². The van der Waals surface area contributed by atoms with Crippen molar-refractivity contribution in [1.29, 1.82) is 0 Å². The summed E-state index contributed by atoms with van der Waals surface area (Å²) in [6, 6.07) is 0. The SMILES string of the molecule is CC/C=C\C/C=C\C/C=C\C/C=C\C/C=C\C/C=C\CCC(=O)OCC(COC(=O)CCCCCCC/C=C\CCCCCCC)OC(=O)CCCCCCC/C=C\C/C=C\CCCC. The van der Waals surface area contributed by atoms with Crippen LogP contribution < -0.4 is 0 Å². The van der Waals surface area contributed by atoms with Crippen molar-refractivity contribution >= 4 is 17.9 Å². The zero-order chi connectivity index (χ0) is 47.2. The Labute approximate surface area is 400 Å². The fourth-order valence-electron chi connectivity index (χ4n) is 6.77. The summed E-state index contributed by atoms with van der Waals surface area (Å²) in [6.45, 7) is 6.38. The predicted molar refractivity (Wildman–Crippen MR) is 279 cm³/mol. The second-order valence-corrected chi connectivity index (χ2v) is 17.0. The Balaban J connectivity index is 4.54. The van der Waals surface area contributed by atoms with Crippen LogP contribution in [0.3, 0.4) is 0 Å². The maximum atomic E-state index is 12.8. The molecule has 0 saturated heterocycles. The molecule has 6 nitrogen and oxygen atoms in total. The van der Waals surface area contributed by atoms with Gasteiger partial charge in [0.2, 0.25) is 0 Å². The number of ether oxygens (including phenoxy) is 3. The van der Waals surface area contributed by atoms with Gasteiger partial charge in [0.25, 0.3) is 0 Å². The van der Waals surface area contributed by atoms with Crippen molar-refractivity contribution in [2.24, 2.45) is 0 Å². The van der Waals surface area contributed by atoms with Gasteiger partial charge in [-0.1, -0.05) is 207 Å². The summed E-state index contributed by atoms with van der Waals surface area (Å²) in [7, 11) is 0. The van der Waals surface area contributed by atoms with Crippen LogP contribution >= 0.6 is 0 Å². The Morgan fingerprint density at radius 1 is 0.323 bits per heavy atom. The Hall–Kier alpha value is -3.93. The summed E-state index contributed by atoms with van der Waals surface area (Å²) >= 11 is 0. The van der Waals surface area contributed by atoms with Crippen molar-refractivity contribution < 1.29 is 28.6 Å². The van der Waals surface area contributed by atoms with Gasteiger partial charge in [-0.05, 0) is 109 Å². The van der Waals surface area contributed by atoms with Gasteiger partial charge in [-0.2, -0.15) is 0 Å². The first-order valence-corrected chi connectivity index (χ1v) is 26.4. The van der Waals surface area contributed by atoms with E-state index in [4.69, 9.17) is 14.2 Å². The summed E-state index contributed by atoms with van der Waals surface area (Å²) in [5.41, 5.74) is 0. The van der Waals surface area contributed by atoms with Crippen LogP contribution in [0.2, 0.25) is 0 Å². The number of rotatable bonds is 46. The Morgan fingerprint density at radius 3 is 1.09 bits per heavy atom. The molecule has 0 aromatic rings. The fourth-order valence-corrected chi connectivity index (χ4v) is 6.77. The second-order valence-electron chi connectivity index (χ2n) is 17.0. The summed E-state index contributed by atoms with van der Waals surface area (Å²) < 4.78 is 16.7. The number of unbranched alkanes of at least 4 members (excludes halogenated alkanes) is 17. The lowest BCUT2D eigenvalue weighted by Crippen LogP contribution is -2.30. The molecule has 0 aromatic carbocycles. The minimum Gasteiger partial charge on any atom is -0.462 e. The third-order valence-corrected chi connectivity index (χ3v) is 10.7. The first-order chi connectivity index (χ1) is 32.0. The maximum Gasteiger partial charge on any atom is 0.306 e. The third-order valence-electron chi connectivity index (χ3n) is 10.7. The molecule has 0 amide bonds. The molecule has 1 atom stereocenters. The first kappa shape index (κ1) is 61.1. The molecule has 0 aliphatic heterocycles. The normalized spacial score (nSPS) is 13.0. The van der Waals surface area contributed by atoms with E-state index in [0.29, 0.717) is 19.3 Å².